The summed E-state index contributed by atoms with van der Waals surface area (Å²) in [6.07, 6.45) is 0.112. The Bertz CT molecular complexity index is 343. The van der Waals surface area contributed by atoms with Crippen LogP contribution >= 0.6 is 0 Å². The highest BCUT2D eigenvalue weighted by Crippen LogP contribution is 2.35. The third-order valence-electron chi connectivity index (χ3n) is 3.18. The van der Waals surface area contributed by atoms with Crippen LogP contribution in [0.2, 0.25) is 0 Å². The van der Waals surface area contributed by atoms with Gasteiger partial charge in [-0.05, 0) is 32.6 Å². The predicted octanol–water partition coefficient (Wildman–Crippen LogP) is 2.35. The van der Waals surface area contributed by atoms with Crippen molar-refractivity contribution < 1.29 is 19.4 Å². The molecule has 1 aliphatic heterocycles. The maximum Gasteiger partial charge on any atom is 0.410 e. The van der Waals surface area contributed by atoms with Crippen LogP contribution in [0.1, 0.15) is 41.0 Å². The lowest BCUT2D eigenvalue weighted by Gasteiger charge is -2.42. The fourth-order valence-corrected chi connectivity index (χ4v) is 2.30. The molecule has 0 radical (unpaired) electrons. The van der Waals surface area contributed by atoms with Crippen molar-refractivity contribution >= 4 is 12.1 Å². The van der Waals surface area contributed by atoms with Crippen molar-refractivity contribution in [2.24, 2.45) is 11.3 Å². The van der Waals surface area contributed by atoms with Crippen LogP contribution in [-0.2, 0) is 9.53 Å². The number of nitrogens with zero attached hydrogens (tertiary/aromatic N) is 1. The molecule has 1 atom stereocenters. The molecular weight excluding hydrogens is 234 g/mol. The van der Waals surface area contributed by atoms with Gasteiger partial charge in [0.2, 0.25) is 0 Å². The lowest BCUT2D eigenvalue weighted by Crippen LogP contribution is -2.51. The van der Waals surface area contributed by atoms with Gasteiger partial charge in [-0.15, -0.1) is 0 Å². The van der Waals surface area contributed by atoms with Crippen LogP contribution in [0.4, 0.5) is 4.79 Å². The first-order valence-corrected chi connectivity index (χ1v) is 6.24. The van der Waals surface area contributed by atoms with Crippen molar-refractivity contribution in [3.05, 3.63) is 0 Å². The molecule has 0 aliphatic carbocycles. The molecule has 1 saturated heterocycles. The first kappa shape index (κ1) is 14.8. The van der Waals surface area contributed by atoms with Crippen molar-refractivity contribution in [1.29, 1.82) is 0 Å². The predicted molar refractivity (Wildman–Crippen MR) is 67.3 cm³/mol. The van der Waals surface area contributed by atoms with Gasteiger partial charge < -0.3 is 14.7 Å². The van der Waals surface area contributed by atoms with Gasteiger partial charge in [0.05, 0.1) is 5.92 Å². The first-order chi connectivity index (χ1) is 8.03. The van der Waals surface area contributed by atoms with E-state index in [1.54, 1.807) is 4.90 Å². The van der Waals surface area contributed by atoms with Crippen LogP contribution in [0.5, 0.6) is 0 Å². The molecule has 1 aliphatic rings. The highest BCUT2D eigenvalue weighted by molar-refractivity contribution is 5.73. The number of ether oxygens (including phenoxy) is 1. The van der Waals surface area contributed by atoms with E-state index < -0.39 is 22.9 Å². The molecule has 0 aromatic rings. The van der Waals surface area contributed by atoms with E-state index in [-0.39, 0.29) is 6.09 Å². The van der Waals surface area contributed by atoms with Gasteiger partial charge in [0.15, 0.2) is 0 Å². The molecule has 1 N–H and O–H groups in total. The molecule has 0 aromatic carbocycles. The second-order valence-electron chi connectivity index (χ2n) is 6.57. The molecule has 1 unspecified atom stereocenters. The van der Waals surface area contributed by atoms with Gasteiger partial charge in [0.25, 0.3) is 0 Å². The van der Waals surface area contributed by atoms with Gasteiger partial charge in [-0.2, -0.15) is 0 Å². The second-order valence-corrected chi connectivity index (χ2v) is 6.57. The Labute approximate surface area is 108 Å². The molecule has 5 nitrogen and oxygen atoms in total. The maximum atomic E-state index is 11.9. The maximum absolute atomic E-state index is 11.9. The molecule has 18 heavy (non-hydrogen) atoms. The summed E-state index contributed by atoms with van der Waals surface area (Å²) in [6.45, 7) is 10.1. The van der Waals surface area contributed by atoms with Crippen molar-refractivity contribution in [2.75, 3.05) is 13.1 Å². The van der Waals surface area contributed by atoms with Crippen molar-refractivity contribution in [3.63, 3.8) is 0 Å². The minimum absolute atomic E-state index is 0.362. The van der Waals surface area contributed by atoms with E-state index in [2.05, 4.69) is 0 Å². The summed E-state index contributed by atoms with van der Waals surface area (Å²) in [5.41, 5.74) is -0.953. The number of rotatable bonds is 1. The van der Waals surface area contributed by atoms with Gasteiger partial charge in [-0.25, -0.2) is 4.79 Å². The number of carbonyl (C=O) groups excluding carboxylic acids is 1. The molecule has 104 valence electrons. The SMILES string of the molecule is CC(C)(C)OC(=O)N1CCC(C(=O)O)C(C)(C)C1. The Balaban J connectivity index is 2.69. The minimum Gasteiger partial charge on any atom is -0.481 e. The van der Waals surface area contributed by atoms with Gasteiger partial charge in [-0.1, -0.05) is 13.8 Å². The lowest BCUT2D eigenvalue weighted by atomic mass is 9.74. The number of hydrogen-bond donors (Lipinski definition) is 1. The molecule has 0 aromatic heterocycles. The Morgan fingerprint density at radius 1 is 1.33 bits per heavy atom. The highest BCUT2D eigenvalue weighted by Gasteiger charge is 2.42. The number of aliphatic carboxylic acids is 1. The molecule has 1 amide bonds. The molecule has 1 fully saturated rings. The monoisotopic (exact) mass is 257 g/mol. The van der Waals surface area contributed by atoms with E-state index in [9.17, 15) is 9.59 Å². The molecule has 1 heterocycles. The number of carboxylic acid groups (broad SMARTS) is 1. The smallest absolute Gasteiger partial charge is 0.410 e. The van der Waals surface area contributed by atoms with Crippen molar-refractivity contribution in [1.82, 2.24) is 4.90 Å². The lowest BCUT2D eigenvalue weighted by molar-refractivity contribution is -0.148. The number of carboxylic acids is 1. The van der Waals surface area contributed by atoms with Gasteiger partial charge >= 0.3 is 12.1 Å². The fourth-order valence-electron chi connectivity index (χ4n) is 2.30. The average Bonchev–Trinajstić information content (AvgIpc) is 2.12. The third-order valence-corrected chi connectivity index (χ3v) is 3.18. The van der Waals surface area contributed by atoms with Crippen LogP contribution < -0.4 is 0 Å². The van der Waals surface area contributed by atoms with E-state index in [0.717, 1.165) is 0 Å². The van der Waals surface area contributed by atoms with Crippen LogP contribution in [0.25, 0.3) is 0 Å². The summed E-state index contributed by atoms with van der Waals surface area (Å²) >= 11 is 0. The average molecular weight is 257 g/mol. The zero-order valence-electron chi connectivity index (χ0n) is 11.8. The normalized spacial score (nSPS) is 23.6. The van der Waals surface area contributed by atoms with Crippen LogP contribution in [0.3, 0.4) is 0 Å². The molecular formula is C13H23NO4. The number of likely N-dealkylation sites (tertiary alicyclic amines) is 1. The molecule has 0 saturated carbocycles. The van der Waals surface area contributed by atoms with E-state index in [1.807, 2.05) is 34.6 Å². The van der Waals surface area contributed by atoms with E-state index in [4.69, 9.17) is 9.84 Å². The largest absolute Gasteiger partial charge is 0.481 e. The Morgan fingerprint density at radius 2 is 1.89 bits per heavy atom. The minimum atomic E-state index is -0.788. The summed E-state index contributed by atoms with van der Waals surface area (Å²) in [5.74, 6) is -1.19. The molecule has 0 bridgehead atoms. The standard InChI is InChI=1S/C13H23NO4/c1-12(2,3)18-11(17)14-7-6-9(10(15)16)13(4,5)8-14/h9H,6-8H2,1-5H3,(H,15,16). The third kappa shape index (κ3) is 3.62. The van der Waals surface area contributed by atoms with E-state index in [1.165, 1.54) is 0 Å². The van der Waals surface area contributed by atoms with Crippen LogP contribution in [-0.4, -0.2) is 40.8 Å². The first-order valence-electron chi connectivity index (χ1n) is 6.24. The summed E-state index contributed by atoms with van der Waals surface area (Å²) in [6, 6.07) is 0. The number of amides is 1. The van der Waals surface area contributed by atoms with Crippen molar-refractivity contribution in [3.8, 4) is 0 Å². The van der Waals surface area contributed by atoms with E-state index >= 15 is 0 Å². The summed E-state index contributed by atoms with van der Waals surface area (Å²) in [5, 5.41) is 9.15. The topological polar surface area (TPSA) is 66.8 Å². The number of hydrogen-bond acceptors (Lipinski definition) is 3. The highest BCUT2D eigenvalue weighted by atomic mass is 16.6. The van der Waals surface area contributed by atoms with Gasteiger partial charge in [0.1, 0.15) is 5.60 Å². The fraction of sp³-hybridized carbons (Fsp3) is 0.846. The summed E-state index contributed by atoms with van der Waals surface area (Å²) < 4.78 is 5.31. The quantitative estimate of drug-likeness (QED) is 0.783. The molecule has 5 heteroatoms. The number of piperidine rings is 1. The van der Waals surface area contributed by atoms with Crippen LogP contribution in [0, 0.1) is 11.3 Å². The summed E-state index contributed by atoms with van der Waals surface area (Å²) in [7, 11) is 0. The Morgan fingerprint density at radius 3 is 2.28 bits per heavy atom. The Kier molecular flexibility index (Phi) is 3.93. The van der Waals surface area contributed by atoms with Gasteiger partial charge in [-0.3, -0.25) is 4.79 Å². The Hall–Kier alpha value is -1.26. The second kappa shape index (κ2) is 4.78. The molecule has 1 rings (SSSR count). The zero-order valence-corrected chi connectivity index (χ0v) is 11.8. The number of carbonyl (C=O) groups is 2. The summed E-state index contributed by atoms with van der Waals surface area (Å²) in [4.78, 5) is 24.7. The van der Waals surface area contributed by atoms with Crippen molar-refractivity contribution in [2.45, 2.75) is 46.6 Å². The molecule has 0 spiro atoms. The van der Waals surface area contributed by atoms with Crippen LogP contribution in [0.15, 0.2) is 0 Å². The van der Waals surface area contributed by atoms with Gasteiger partial charge in [0, 0.05) is 13.1 Å². The van der Waals surface area contributed by atoms with E-state index in [0.29, 0.717) is 19.5 Å². The zero-order chi connectivity index (χ0) is 14.1.